The Morgan fingerprint density at radius 1 is 1.20 bits per heavy atom. The molecular formula is C17H30N4O3S. The fraction of sp³-hybridized carbons (Fsp3) is 0.765. The molecular weight excluding hydrogens is 340 g/mol. The molecule has 25 heavy (non-hydrogen) atoms. The van der Waals surface area contributed by atoms with Crippen LogP contribution in [0.4, 0.5) is 0 Å². The molecule has 1 aromatic rings. The zero-order chi connectivity index (χ0) is 18.9. The number of carbonyl (C=O) groups is 1. The molecule has 1 atom stereocenters. The average Bonchev–Trinajstić information content (AvgIpc) is 2.80. The minimum absolute atomic E-state index is 0.0342. The van der Waals surface area contributed by atoms with Gasteiger partial charge in [0.2, 0.25) is 15.9 Å². The first-order chi connectivity index (χ1) is 11.6. The molecule has 0 radical (unpaired) electrons. The number of nitrogens with zero attached hydrogens (tertiary/aromatic N) is 3. The van der Waals surface area contributed by atoms with E-state index in [1.807, 2.05) is 6.92 Å². The van der Waals surface area contributed by atoms with Crippen molar-refractivity contribution < 1.29 is 13.2 Å². The third-order valence-electron chi connectivity index (χ3n) is 5.24. The van der Waals surface area contributed by atoms with E-state index >= 15 is 0 Å². The van der Waals surface area contributed by atoms with Crippen LogP contribution in [0.15, 0.2) is 4.90 Å². The molecule has 8 heteroatoms. The third kappa shape index (κ3) is 4.06. The fourth-order valence-corrected chi connectivity index (χ4v) is 4.99. The highest BCUT2D eigenvalue weighted by Crippen LogP contribution is 2.27. The lowest BCUT2D eigenvalue weighted by atomic mass is 9.96. The second-order valence-electron chi connectivity index (χ2n) is 7.34. The van der Waals surface area contributed by atoms with E-state index in [1.165, 1.54) is 4.31 Å². The Bertz CT molecular complexity index is 731. The van der Waals surface area contributed by atoms with Gasteiger partial charge >= 0.3 is 0 Å². The highest BCUT2D eigenvalue weighted by Gasteiger charge is 2.35. The number of piperidine rings is 1. The molecule has 7 nitrogen and oxygen atoms in total. The summed E-state index contributed by atoms with van der Waals surface area (Å²) >= 11 is 0. The first-order valence-corrected chi connectivity index (χ1v) is 10.3. The van der Waals surface area contributed by atoms with Crippen LogP contribution in [0.2, 0.25) is 0 Å². The summed E-state index contributed by atoms with van der Waals surface area (Å²) in [7, 11) is -1.83. The number of nitrogens with one attached hydrogen (secondary N) is 1. The Morgan fingerprint density at radius 3 is 2.20 bits per heavy atom. The quantitative estimate of drug-likeness (QED) is 0.853. The summed E-state index contributed by atoms with van der Waals surface area (Å²) in [6.07, 6.45) is 1.10. The summed E-state index contributed by atoms with van der Waals surface area (Å²) in [4.78, 5) is 12.7. The van der Waals surface area contributed by atoms with Gasteiger partial charge in [0, 0.05) is 32.1 Å². The van der Waals surface area contributed by atoms with E-state index < -0.39 is 10.0 Å². The molecule has 0 spiro atoms. The summed E-state index contributed by atoms with van der Waals surface area (Å²) in [5.74, 6) is 0.289. The standard InChI is InChI=1S/C17H30N4O3S/c1-11(2)12(3)18-17(22)15-7-9-21(10-8-15)25(23,24)16-13(4)19-20(6)14(16)5/h11-12,15H,7-10H2,1-6H3,(H,18,22)/t12-/m0/s1. The van der Waals surface area contributed by atoms with Gasteiger partial charge in [0.1, 0.15) is 4.90 Å². The number of hydrogen-bond donors (Lipinski definition) is 1. The second kappa shape index (κ2) is 7.45. The maximum Gasteiger partial charge on any atom is 0.246 e. The molecule has 1 N–H and O–H groups in total. The van der Waals surface area contributed by atoms with Gasteiger partial charge in [0.05, 0.1) is 11.4 Å². The number of hydrogen-bond acceptors (Lipinski definition) is 4. The highest BCUT2D eigenvalue weighted by atomic mass is 32.2. The molecule has 0 aliphatic carbocycles. The van der Waals surface area contributed by atoms with Gasteiger partial charge in [0.15, 0.2) is 0 Å². The summed E-state index contributed by atoms with van der Waals surface area (Å²) in [5.41, 5.74) is 1.16. The molecule has 142 valence electrons. The molecule has 0 unspecified atom stereocenters. The Kier molecular flexibility index (Phi) is 5.93. The van der Waals surface area contributed by atoms with E-state index in [4.69, 9.17) is 0 Å². The van der Waals surface area contributed by atoms with Crippen LogP contribution in [0, 0.1) is 25.7 Å². The summed E-state index contributed by atoms with van der Waals surface area (Å²) in [5, 5.41) is 7.25. The molecule has 1 amide bonds. The molecule has 2 heterocycles. The Labute approximate surface area is 150 Å². The summed E-state index contributed by atoms with van der Waals surface area (Å²) < 4.78 is 29.0. The van der Waals surface area contributed by atoms with Crippen molar-refractivity contribution in [3.05, 3.63) is 11.4 Å². The predicted octanol–water partition coefficient (Wildman–Crippen LogP) is 1.60. The van der Waals surface area contributed by atoms with Crippen LogP contribution in [0.1, 0.15) is 45.0 Å². The normalized spacial score (nSPS) is 18.5. The molecule has 2 rings (SSSR count). The van der Waals surface area contributed by atoms with Gasteiger partial charge in [-0.15, -0.1) is 0 Å². The highest BCUT2D eigenvalue weighted by molar-refractivity contribution is 7.89. The molecule has 0 saturated carbocycles. The lowest BCUT2D eigenvalue weighted by molar-refractivity contribution is -0.127. The minimum Gasteiger partial charge on any atom is -0.353 e. The fourth-order valence-electron chi connectivity index (χ4n) is 3.12. The number of sulfonamides is 1. The lowest BCUT2D eigenvalue weighted by Crippen LogP contribution is -2.45. The van der Waals surface area contributed by atoms with Crippen LogP contribution >= 0.6 is 0 Å². The van der Waals surface area contributed by atoms with Crippen molar-refractivity contribution in [3.8, 4) is 0 Å². The van der Waals surface area contributed by atoms with Crippen LogP contribution in [-0.2, 0) is 21.9 Å². The van der Waals surface area contributed by atoms with Gasteiger partial charge in [-0.05, 0) is 39.5 Å². The number of aryl methyl sites for hydroxylation is 2. The smallest absolute Gasteiger partial charge is 0.246 e. The zero-order valence-corrected chi connectivity index (χ0v) is 16.9. The van der Waals surface area contributed by atoms with Gasteiger partial charge < -0.3 is 5.32 Å². The number of amides is 1. The molecule has 1 aliphatic heterocycles. The van der Waals surface area contributed by atoms with E-state index in [2.05, 4.69) is 24.3 Å². The monoisotopic (exact) mass is 370 g/mol. The third-order valence-corrected chi connectivity index (χ3v) is 7.39. The first-order valence-electron chi connectivity index (χ1n) is 8.86. The van der Waals surface area contributed by atoms with Gasteiger partial charge in [-0.1, -0.05) is 13.8 Å². The Morgan fingerprint density at radius 2 is 1.76 bits per heavy atom. The van der Waals surface area contributed by atoms with Gasteiger partial charge in [-0.25, -0.2) is 8.42 Å². The first kappa shape index (κ1) is 19.9. The van der Waals surface area contributed by atoms with Crippen LogP contribution in [0.5, 0.6) is 0 Å². The predicted molar refractivity (Wildman–Crippen MR) is 96.6 cm³/mol. The minimum atomic E-state index is -3.57. The van der Waals surface area contributed by atoms with E-state index in [-0.39, 0.29) is 17.9 Å². The number of aromatic nitrogens is 2. The lowest BCUT2D eigenvalue weighted by Gasteiger charge is -2.31. The van der Waals surface area contributed by atoms with Gasteiger partial charge in [-0.3, -0.25) is 9.48 Å². The van der Waals surface area contributed by atoms with Crippen LogP contribution in [0.25, 0.3) is 0 Å². The van der Waals surface area contributed by atoms with E-state index in [9.17, 15) is 13.2 Å². The SMILES string of the molecule is Cc1nn(C)c(C)c1S(=O)(=O)N1CCC(C(=O)N[C@@H](C)C(C)C)CC1. The maximum absolute atomic E-state index is 13.0. The largest absolute Gasteiger partial charge is 0.353 e. The Balaban J connectivity index is 2.05. The molecule has 0 aromatic carbocycles. The second-order valence-corrected chi connectivity index (χ2v) is 9.22. The van der Waals surface area contributed by atoms with Crippen molar-refractivity contribution in [1.82, 2.24) is 19.4 Å². The van der Waals surface area contributed by atoms with E-state index in [0.717, 1.165) is 0 Å². The number of carbonyl (C=O) groups excluding carboxylic acids is 1. The van der Waals surface area contributed by atoms with Gasteiger partial charge in [-0.2, -0.15) is 9.40 Å². The van der Waals surface area contributed by atoms with Crippen LogP contribution in [0.3, 0.4) is 0 Å². The van der Waals surface area contributed by atoms with Crippen molar-refractivity contribution in [2.45, 2.75) is 58.4 Å². The molecule has 1 fully saturated rings. The molecule has 1 saturated heterocycles. The van der Waals surface area contributed by atoms with E-state index in [0.29, 0.717) is 48.1 Å². The van der Waals surface area contributed by atoms with Crippen molar-refractivity contribution in [2.24, 2.45) is 18.9 Å². The van der Waals surface area contributed by atoms with Gasteiger partial charge in [0.25, 0.3) is 0 Å². The molecule has 1 aliphatic rings. The Hall–Kier alpha value is -1.41. The zero-order valence-electron chi connectivity index (χ0n) is 16.0. The van der Waals surface area contributed by atoms with Crippen molar-refractivity contribution >= 4 is 15.9 Å². The molecule has 0 bridgehead atoms. The summed E-state index contributed by atoms with van der Waals surface area (Å²) in [6, 6.07) is 0.120. The number of rotatable bonds is 5. The van der Waals surface area contributed by atoms with Crippen LogP contribution in [-0.4, -0.2) is 47.5 Å². The molecule has 1 aromatic heterocycles. The average molecular weight is 371 g/mol. The van der Waals surface area contributed by atoms with E-state index in [1.54, 1.807) is 25.6 Å². The van der Waals surface area contributed by atoms with Crippen molar-refractivity contribution in [2.75, 3.05) is 13.1 Å². The van der Waals surface area contributed by atoms with Crippen LogP contribution < -0.4 is 5.32 Å². The van der Waals surface area contributed by atoms with Crippen molar-refractivity contribution in [3.63, 3.8) is 0 Å². The summed E-state index contributed by atoms with van der Waals surface area (Å²) in [6.45, 7) is 10.3. The van der Waals surface area contributed by atoms with Crippen molar-refractivity contribution in [1.29, 1.82) is 0 Å². The maximum atomic E-state index is 13.0. The topological polar surface area (TPSA) is 84.3 Å².